The maximum Gasteiger partial charge on any atom is 0.0402 e. The average molecular weight is 212 g/mol. The molecule has 0 aromatic carbocycles. The van der Waals surface area contributed by atoms with Crippen LogP contribution in [-0.2, 0) is 0 Å². The van der Waals surface area contributed by atoms with E-state index >= 15 is 0 Å². The fourth-order valence-corrected chi connectivity index (χ4v) is 1.37. The highest BCUT2D eigenvalue weighted by Crippen LogP contribution is 2.24. The SMILES string of the molecule is CC(C)(C)CC(C)(C)N.CCO.Cl. The lowest BCUT2D eigenvalue weighted by Gasteiger charge is -2.28. The second kappa shape index (κ2) is 7.60. The Kier molecular flexibility index (Phi) is 11.0. The van der Waals surface area contributed by atoms with E-state index in [4.69, 9.17) is 10.8 Å². The summed E-state index contributed by atoms with van der Waals surface area (Å²) in [5, 5.41) is 7.57. The lowest BCUT2D eigenvalue weighted by molar-refractivity contribution is 0.286. The quantitative estimate of drug-likeness (QED) is 0.701. The van der Waals surface area contributed by atoms with Crippen LogP contribution in [0.25, 0.3) is 0 Å². The monoisotopic (exact) mass is 211 g/mol. The van der Waals surface area contributed by atoms with E-state index in [1.54, 1.807) is 6.92 Å². The van der Waals surface area contributed by atoms with Crippen molar-refractivity contribution in [1.82, 2.24) is 0 Å². The molecule has 0 saturated heterocycles. The Morgan fingerprint density at radius 1 is 1.08 bits per heavy atom. The molecular weight excluding hydrogens is 186 g/mol. The normalized spacial score (nSPS) is 11.1. The van der Waals surface area contributed by atoms with Crippen LogP contribution >= 0.6 is 12.4 Å². The Balaban J connectivity index is -0.000000220. The third kappa shape index (κ3) is 33.0. The standard InChI is InChI=1S/C8H19N.C2H6O.ClH/c1-7(2,3)6-8(4,5)9;1-2-3;/h6,9H2,1-5H3;3H,2H2,1H3;1H. The van der Waals surface area contributed by atoms with E-state index < -0.39 is 0 Å². The number of halogens is 1. The summed E-state index contributed by atoms with van der Waals surface area (Å²) >= 11 is 0. The summed E-state index contributed by atoms with van der Waals surface area (Å²) < 4.78 is 0. The minimum atomic E-state index is -0.0156. The minimum Gasteiger partial charge on any atom is -0.397 e. The van der Waals surface area contributed by atoms with Gasteiger partial charge < -0.3 is 10.8 Å². The summed E-state index contributed by atoms with van der Waals surface area (Å²) in [5.41, 5.74) is 6.17. The summed E-state index contributed by atoms with van der Waals surface area (Å²) in [6.07, 6.45) is 1.07. The van der Waals surface area contributed by atoms with Crippen molar-refractivity contribution in [1.29, 1.82) is 0 Å². The van der Waals surface area contributed by atoms with Gasteiger partial charge in [0, 0.05) is 12.1 Å². The second-order valence-electron chi connectivity index (χ2n) is 5.04. The molecule has 84 valence electrons. The van der Waals surface area contributed by atoms with Gasteiger partial charge in [-0.15, -0.1) is 12.4 Å². The van der Waals surface area contributed by atoms with Crippen LogP contribution in [0, 0.1) is 5.41 Å². The van der Waals surface area contributed by atoms with Crippen LogP contribution in [0.4, 0.5) is 0 Å². The van der Waals surface area contributed by atoms with Crippen molar-refractivity contribution in [3.05, 3.63) is 0 Å². The first-order chi connectivity index (χ1) is 5.12. The molecule has 0 rings (SSSR count). The van der Waals surface area contributed by atoms with Crippen LogP contribution < -0.4 is 5.73 Å². The van der Waals surface area contributed by atoms with Gasteiger partial charge >= 0.3 is 0 Å². The first-order valence-corrected chi connectivity index (χ1v) is 4.52. The van der Waals surface area contributed by atoms with Crippen molar-refractivity contribution in [2.45, 2.75) is 53.5 Å². The van der Waals surface area contributed by atoms with Crippen LogP contribution in [0.5, 0.6) is 0 Å². The molecule has 2 nitrogen and oxygen atoms in total. The number of aliphatic hydroxyl groups excluding tert-OH is 1. The number of aliphatic hydroxyl groups is 1. The zero-order chi connectivity index (χ0) is 10.4. The third-order valence-electron chi connectivity index (χ3n) is 0.986. The molecule has 13 heavy (non-hydrogen) atoms. The van der Waals surface area contributed by atoms with E-state index in [0.29, 0.717) is 5.41 Å². The van der Waals surface area contributed by atoms with Crippen molar-refractivity contribution in [3.63, 3.8) is 0 Å². The van der Waals surface area contributed by atoms with E-state index in [0.717, 1.165) is 6.42 Å². The highest BCUT2D eigenvalue weighted by molar-refractivity contribution is 5.85. The van der Waals surface area contributed by atoms with Gasteiger partial charge in [0.2, 0.25) is 0 Å². The topological polar surface area (TPSA) is 46.2 Å². The lowest BCUT2D eigenvalue weighted by Crippen LogP contribution is -2.36. The highest BCUT2D eigenvalue weighted by atomic mass is 35.5. The zero-order valence-electron chi connectivity index (χ0n) is 9.85. The molecule has 0 heterocycles. The van der Waals surface area contributed by atoms with Crippen molar-refractivity contribution >= 4 is 12.4 Å². The molecule has 0 amide bonds. The lowest BCUT2D eigenvalue weighted by atomic mass is 9.82. The van der Waals surface area contributed by atoms with Gasteiger partial charge in [-0.1, -0.05) is 20.8 Å². The Morgan fingerprint density at radius 2 is 1.31 bits per heavy atom. The number of hydrogen-bond donors (Lipinski definition) is 2. The Morgan fingerprint density at radius 3 is 1.31 bits per heavy atom. The number of hydrogen-bond acceptors (Lipinski definition) is 2. The van der Waals surface area contributed by atoms with Crippen molar-refractivity contribution in [2.24, 2.45) is 11.1 Å². The Labute approximate surface area is 89.3 Å². The third-order valence-corrected chi connectivity index (χ3v) is 0.986. The molecule has 3 N–H and O–H groups in total. The van der Waals surface area contributed by atoms with Crippen LogP contribution in [0.3, 0.4) is 0 Å². The van der Waals surface area contributed by atoms with Crippen molar-refractivity contribution in [2.75, 3.05) is 6.61 Å². The second-order valence-corrected chi connectivity index (χ2v) is 5.04. The molecule has 0 unspecified atom stereocenters. The van der Waals surface area contributed by atoms with E-state index in [9.17, 15) is 0 Å². The molecule has 0 bridgehead atoms. The molecule has 0 fully saturated rings. The predicted molar refractivity (Wildman–Crippen MR) is 62.3 cm³/mol. The molecule has 0 aliphatic heterocycles. The van der Waals surface area contributed by atoms with Gasteiger partial charge in [0.25, 0.3) is 0 Å². The first kappa shape index (κ1) is 18.9. The molecule has 0 aliphatic rings. The summed E-state index contributed by atoms with van der Waals surface area (Å²) in [7, 11) is 0. The van der Waals surface area contributed by atoms with E-state index in [1.165, 1.54) is 0 Å². The van der Waals surface area contributed by atoms with Crippen LogP contribution in [-0.4, -0.2) is 17.3 Å². The molecule has 0 aromatic heterocycles. The smallest absolute Gasteiger partial charge is 0.0402 e. The number of nitrogens with two attached hydrogens (primary N) is 1. The largest absolute Gasteiger partial charge is 0.397 e. The Bertz CT molecular complexity index is 90.5. The molecule has 0 aliphatic carbocycles. The van der Waals surface area contributed by atoms with Crippen LogP contribution in [0.2, 0.25) is 0 Å². The zero-order valence-corrected chi connectivity index (χ0v) is 10.7. The van der Waals surface area contributed by atoms with Gasteiger partial charge in [-0.05, 0) is 32.6 Å². The molecule has 0 aromatic rings. The highest BCUT2D eigenvalue weighted by Gasteiger charge is 2.20. The van der Waals surface area contributed by atoms with Gasteiger partial charge in [0.05, 0.1) is 0 Å². The molecule has 0 radical (unpaired) electrons. The Hall–Kier alpha value is 0.210. The maximum absolute atomic E-state index is 7.57. The summed E-state index contributed by atoms with van der Waals surface area (Å²) in [4.78, 5) is 0. The molecule has 0 saturated carbocycles. The van der Waals surface area contributed by atoms with Gasteiger partial charge in [0.15, 0.2) is 0 Å². The summed E-state index contributed by atoms with van der Waals surface area (Å²) in [5.74, 6) is 0. The van der Waals surface area contributed by atoms with Crippen LogP contribution in [0.15, 0.2) is 0 Å². The van der Waals surface area contributed by atoms with Gasteiger partial charge in [0.1, 0.15) is 0 Å². The summed E-state index contributed by atoms with van der Waals surface area (Å²) in [6.45, 7) is 12.7. The first-order valence-electron chi connectivity index (χ1n) is 4.52. The fourth-order valence-electron chi connectivity index (χ4n) is 1.37. The fraction of sp³-hybridized carbons (Fsp3) is 1.00. The van der Waals surface area contributed by atoms with Crippen molar-refractivity contribution in [3.8, 4) is 0 Å². The van der Waals surface area contributed by atoms with E-state index in [2.05, 4.69) is 34.6 Å². The summed E-state index contributed by atoms with van der Waals surface area (Å²) in [6, 6.07) is 0. The molecule has 0 spiro atoms. The molecular formula is C10H26ClNO. The van der Waals surface area contributed by atoms with Crippen molar-refractivity contribution < 1.29 is 5.11 Å². The van der Waals surface area contributed by atoms with E-state index in [1.807, 2.05) is 0 Å². The minimum absolute atomic E-state index is 0. The van der Waals surface area contributed by atoms with Gasteiger partial charge in [-0.2, -0.15) is 0 Å². The number of rotatable bonds is 1. The average Bonchev–Trinajstić information content (AvgIpc) is 1.53. The predicted octanol–water partition coefficient (Wildman–Crippen LogP) is 2.58. The van der Waals surface area contributed by atoms with E-state index in [-0.39, 0.29) is 24.6 Å². The van der Waals surface area contributed by atoms with Gasteiger partial charge in [-0.25, -0.2) is 0 Å². The molecule has 0 atom stereocenters. The van der Waals surface area contributed by atoms with Crippen LogP contribution in [0.1, 0.15) is 48.0 Å². The van der Waals surface area contributed by atoms with Gasteiger partial charge in [-0.3, -0.25) is 0 Å². The maximum atomic E-state index is 7.57. The molecule has 3 heteroatoms.